The van der Waals surface area contributed by atoms with E-state index in [-0.39, 0.29) is 5.91 Å². The van der Waals surface area contributed by atoms with Crippen LogP contribution in [-0.4, -0.2) is 42.2 Å². The van der Waals surface area contributed by atoms with Crippen LogP contribution in [0.25, 0.3) is 0 Å². The van der Waals surface area contributed by atoms with Gasteiger partial charge in [-0.15, -0.1) is 0 Å². The molecule has 0 atom stereocenters. The zero-order valence-corrected chi connectivity index (χ0v) is 11.4. The van der Waals surface area contributed by atoms with Crippen LogP contribution in [0.2, 0.25) is 0 Å². The molecule has 0 radical (unpaired) electrons. The summed E-state index contributed by atoms with van der Waals surface area (Å²) in [7, 11) is 3.29. The van der Waals surface area contributed by atoms with Crippen LogP contribution in [0.5, 0.6) is 5.75 Å². The Balaban J connectivity index is 2.63. The molecular formula is C14H21NO3. The third-order valence-corrected chi connectivity index (χ3v) is 2.54. The maximum absolute atomic E-state index is 12.0. The van der Waals surface area contributed by atoms with Crippen molar-refractivity contribution in [3.05, 3.63) is 29.8 Å². The second-order valence-corrected chi connectivity index (χ2v) is 5.09. The van der Waals surface area contributed by atoms with Crippen molar-refractivity contribution >= 4 is 5.91 Å². The van der Waals surface area contributed by atoms with Crippen molar-refractivity contribution in [2.45, 2.75) is 25.9 Å². The van der Waals surface area contributed by atoms with Gasteiger partial charge in [-0.2, -0.15) is 0 Å². The lowest BCUT2D eigenvalue weighted by Crippen LogP contribution is -2.40. The van der Waals surface area contributed by atoms with E-state index in [9.17, 15) is 9.90 Å². The van der Waals surface area contributed by atoms with Gasteiger partial charge in [0.15, 0.2) is 0 Å². The number of nitrogens with zero attached hydrogens (tertiary/aromatic N) is 1. The highest BCUT2D eigenvalue weighted by Crippen LogP contribution is 2.14. The molecule has 18 heavy (non-hydrogen) atoms. The minimum atomic E-state index is -0.876. The van der Waals surface area contributed by atoms with Gasteiger partial charge in [0.05, 0.1) is 19.1 Å². The highest BCUT2D eigenvalue weighted by molar-refractivity contribution is 5.78. The van der Waals surface area contributed by atoms with Gasteiger partial charge in [-0.05, 0) is 31.5 Å². The predicted octanol–water partition coefficient (Wildman–Crippen LogP) is 1.47. The topological polar surface area (TPSA) is 49.8 Å². The SMILES string of the molecule is COc1cccc(CC(=O)N(C)CC(C)(C)O)c1. The predicted molar refractivity (Wildman–Crippen MR) is 70.6 cm³/mol. The van der Waals surface area contributed by atoms with Gasteiger partial charge >= 0.3 is 0 Å². The van der Waals surface area contributed by atoms with E-state index in [1.165, 1.54) is 0 Å². The number of amides is 1. The van der Waals surface area contributed by atoms with Crippen LogP contribution in [-0.2, 0) is 11.2 Å². The number of likely N-dealkylation sites (N-methyl/N-ethyl adjacent to an activating group) is 1. The molecule has 0 heterocycles. The summed E-state index contributed by atoms with van der Waals surface area (Å²) in [5, 5.41) is 9.67. The van der Waals surface area contributed by atoms with E-state index in [1.54, 1.807) is 32.9 Å². The fourth-order valence-electron chi connectivity index (χ4n) is 1.76. The first-order valence-electron chi connectivity index (χ1n) is 5.91. The summed E-state index contributed by atoms with van der Waals surface area (Å²) in [6.07, 6.45) is 0.309. The van der Waals surface area contributed by atoms with Crippen LogP contribution in [0.15, 0.2) is 24.3 Å². The van der Waals surface area contributed by atoms with Crippen molar-refractivity contribution in [3.8, 4) is 5.75 Å². The van der Waals surface area contributed by atoms with Crippen molar-refractivity contribution < 1.29 is 14.6 Å². The van der Waals surface area contributed by atoms with Crippen molar-refractivity contribution in [2.24, 2.45) is 0 Å². The quantitative estimate of drug-likeness (QED) is 0.862. The molecule has 0 spiro atoms. The average molecular weight is 251 g/mol. The fraction of sp³-hybridized carbons (Fsp3) is 0.500. The Kier molecular flexibility index (Phi) is 4.73. The first-order chi connectivity index (χ1) is 8.31. The van der Waals surface area contributed by atoms with Gasteiger partial charge in [0.25, 0.3) is 0 Å². The summed E-state index contributed by atoms with van der Waals surface area (Å²) in [6.45, 7) is 3.68. The molecule has 4 heteroatoms. The molecule has 4 nitrogen and oxygen atoms in total. The molecule has 1 amide bonds. The lowest BCUT2D eigenvalue weighted by Gasteiger charge is -2.25. The number of hydrogen-bond donors (Lipinski definition) is 1. The number of rotatable bonds is 5. The second kappa shape index (κ2) is 5.87. The van der Waals surface area contributed by atoms with E-state index in [0.29, 0.717) is 13.0 Å². The summed E-state index contributed by atoms with van der Waals surface area (Å²) in [4.78, 5) is 13.5. The zero-order chi connectivity index (χ0) is 13.8. The molecule has 1 aromatic rings. The molecule has 0 bridgehead atoms. The van der Waals surface area contributed by atoms with Crippen LogP contribution in [0.1, 0.15) is 19.4 Å². The van der Waals surface area contributed by atoms with Gasteiger partial charge in [0.2, 0.25) is 5.91 Å². The Morgan fingerprint density at radius 1 is 1.44 bits per heavy atom. The summed E-state index contributed by atoms with van der Waals surface area (Å²) in [6, 6.07) is 7.43. The fourth-order valence-corrected chi connectivity index (χ4v) is 1.76. The summed E-state index contributed by atoms with van der Waals surface area (Å²) >= 11 is 0. The highest BCUT2D eigenvalue weighted by atomic mass is 16.5. The number of methoxy groups -OCH3 is 1. The lowest BCUT2D eigenvalue weighted by molar-refractivity contribution is -0.131. The molecule has 0 saturated carbocycles. The normalized spacial score (nSPS) is 11.2. The van der Waals surface area contributed by atoms with Crippen LogP contribution >= 0.6 is 0 Å². The minimum Gasteiger partial charge on any atom is -0.497 e. The number of benzene rings is 1. The molecule has 0 unspecified atom stereocenters. The molecule has 1 aromatic carbocycles. The first kappa shape index (κ1) is 14.5. The Morgan fingerprint density at radius 3 is 2.67 bits per heavy atom. The molecular weight excluding hydrogens is 230 g/mol. The third kappa shape index (κ3) is 4.75. The van der Waals surface area contributed by atoms with E-state index in [0.717, 1.165) is 11.3 Å². The number of carbonyl (C=O) groups is 1. The number of aliphatic hydroxyl groups is 1. The molecule has 0 fully saturated rings. The lowest BCUT2D eigenvalue weighted by atomic mass is 10.1. The van der Waals surface area contributed by atoms with Crippen molar-refractivity contribution in [1.82, 2.24) is 4.90 Å². The monoisotopic (exact) mass is 251 g/mol. The molecule has 0 aliphatic carbocycles. The number of carbonyl (C=O) groups excluding carboxylic acids is 1. The van der Waals surface area contributed by atoms with Gasteiger partial charge in [0, 0.05) is 13.6 Å². The maximum Gasteiger partial charge on any atom is 0.226 e. The number of hydrogen-bond acceptors (Lipinski definition) is 3. The molecule has 1 N–H and O–H groups in total. The molecule has 100 valence electrons. The average Bonchev–Trinajstić information content (AvgIpc) is 2.27. The van der Waals surface area contributed by atoms with Crippen LogP contribution in [0.4, 0.5) is 0 Å². The summed E-state index contributed by atoms with van der Waals surface area (Å²) in [5.41, 5.74) is 0.0284. The second-order valence-electron chi connectivity index (χ2n) is 5.09. The van der Waals surface area contributed by atoms with E-state index in [2.05, 4.69) is 0 Å². The summed E-state index contributed by atoms with van der Waals surface area (Å²) < 4.78 is 5.11. The Hall–Kier alpha value is -1.55. The van der Waals surface area contributed by atoms with E-state index in [1.807, 2.05) is 24.3 Å². The Bertz CT molecular complexity index is 410. The van der Waals surface area contributed by atoms with Crippen LogP contribution in [0.3, 0.4) is 0 Å². The van der Waals surface area contributed by atoms with Gasteiger partial charge in [-0.1, -0.05) is 12.1 Å². The zero-order valence-electron chi connectivity index (χ0n) is 11.4. The summed E-state index contributed by atoms with van der Waals surface area (Å²) in [5.74, 6) is 0.718. The van der Waals surface area contributed by atoms with Gasteiger partial charge in [-0.3, -0.25) is 4.79 Å². The third-order valence-electron chi connectivity index (χ3n) is 2.54. The molecule has 0 aliphatic rings. The highest BCUT2D eigenvalue weighted by Gasteiger charge is 2.19. The first-order valence-corrected chi connectivity index (χ1v) is 5.91. The maximum atomic E-state index is 12.0. The molecule has 1 rings (SSSR count). The molecule has 0 aromatic heterocycles. The van der Waals surface area contributed by atoms with Gasteiger partial charge in [0.1, 0.15) is 5.75 Å². The standard InChI is InChI=1S/C14H21NO3/c1-14(2,17)10-15(3)13(16)9-11-6-5-7-12(8-11)18-4/h5-8,17H,9-10H2,1-4H3. The largest absolute Gasteiger partial charge is 0.497 e. The molecule has 0 saturated heterocycles. The van der Waals surface area contributed by atoms with Crippen molar-refractivity contribution in [3.63, 3.8) is 0 Å². The smallest absolute Gasteiger partial charge is 0.226 e. The van der Waals surface area contributed by atoms with E-state index in [4.69, 9.17) is 4.74 Å². The Morgan fingerprint density at radius 2 is 2.11 bits per heavy atom. The van der Waals surface area contributed by atoms with E-state index >= 15 is 0 Å². The van der Waals surface area contributed by atoms with Crippen LogP contribution in [0, 0.1) is 0 Å². The minimum absolute atomic E-state index is 0.0228. The van der Waals surface area contributed by atoms with E-state index < -0.39 is 5.60 Å². The van der Waals surface area contributed by atoms with Gasteiger partial charge in [-0.25, -0.2) is 0 Å². The van der Waals surface area contributed by atoms with Crippen LogP contribution < -0.4 is 4.74 Å². The Labute approximate surface area is 108 Å². The van der Waals surface area contributed by atoms with Gasteiger partial charge < -0.3 is 14.7 Å². The van der Waals surface area contributed by atoms with Crippen molar-refractivity contribution in [1.29, 1.82) is 0 Å². The number of ether oxygens (including phenoxy) is 1. The van der Waals surface area contributed by atoms with Crippen molar-refractivity contribution in [2.75, 3.05) is 20.7 Å². The molecule has 0 aliphatic heterocycles.